The zero-order valence-electron chi connectivity index (χ0n) is 11.9. The molecule has 0 aliphatic heterocycles. The first-order chi connectivity index (χ1) is 9.28. The van der Waals surface area contributed by atoms with E-state index in [1.807, 2.05) is 18.2 Å². The van der Waals surface area contributed by atoms with E-state index in [0.717, 1.165) is 29.9 Å². The van der Waals surface area contributed by atoms with E-state index in [-0.39, 0.29) is 24.6 Å². The third-order valence-corrected chi connectivity index (χ3v) is 3.53. The maximum Gasteiger partial charge on any atom is 0.161 e. The largest absolute Gasteiger partial charge is 0.493 e. The second-order valence-corrected chi connectivity index (χ2v) is 4.79. The number of nitriles is 1. The van der Waals surface area contributed by atoms with Crippen LogP contribution in [0.4, 0.5) is 0 Å². The number of hydrogen-bond acceptors (Lipinski definition) is 4. The van der Waals surface area contributed by atoms with Gasteiger partial charge in [-0.2, -0.15) is 5.26 Å². The zero-order chi connectivity index (χ0) is 13.7. The number of benzene rings is 1. The van der Waals surface area contributed by atoms with E-state index >= 15 is 0 Å². The Bertz CT molecular complexity index is 467. The molecule has 5 heteroatoms. The number of hydrogen-bond donors (Lipinski definition) is 1. The normalized spacial score (nSPS) is 16.1. The van der Waals surface area contributed by atoms with Crippen LogP contribution in [0.3, 0.4) is 0 Å². The molecule has 0 saturated heterocycles. The predicted molar refractivity (Wildman–Crippen MR) is 80.5 cm³/mol. The monoisotopic (exact) mass is 296 g/mol. The Balaban J connectivity index is 0.00000200. The number of halogens is 1. The van der Waals surface area contributed by atoms with Gasteiger partial charge in [-0.25, -0.2) is 0 Å². The summed E-state index contributed by atoms with van der Waals surface area (Å²) in [4.78, 5) is 0. The highest BCUT2D eigenvalue weighted by Crippen LogP contribution is 2.33. The maximum absolute atomic E-state index is 9.10. The van der Waals surface area contributed by atoms with Crippen LogP contribution in [-0.2, 0) is 0 Å². The van der Waals surface area contributed by atoms with E-state index in [0.29, 0.717) is 0 Å². The molecule has 1 aliphatic carbocycles. The molecule has 1 aromatic carbocycles. The van der Waals surface area contributed by atoms with Crippen molar-refractivity contribution in [3.63, 3.8) is 0 Å². The molecule has 1 fully saturated rings. The summed E-state index contributed by atoms with van der Waals surface area (Å²) in [5, 5.41) is 12.1. The van der Waals surface area contributed by atoms with E-state index in [2.05, 4.69) is 11.4 Å². The smallest absolute Gasteiger partial charge is 0.161 e. The van der Waals surface area contributed by atoms with Crippen LogP contribution < -0.4 is 14.8 Å². The highest BCUT2D eigenvalue weighted by Gasteiger charge is 2.19. The Morgan fingerprint density at radius 3 is 2.55 bits per heavy atom. The molecule has 1 aromatic rings. The van der Waals surface area contributed by atoms with Crippen molar-refractivity contribution in [1.29, 1.82) is 5.26 Å². The summed E-state index contributed by atoms with van der Waals surface area (Å²) in [5.41, 5.74) is 0.902. The van der Waals surface area contributed by atoms with Crippen LogP contribution in [0, 0.1) is 11.3 Å². The summed E-state index contributed by atoms with van der Waals surface area (Å²) in [6, 6.07) is 7.56. The van der Waals surface area contributed by atoms with Gasteiger partial charge in [0.05, 0.1) is 19.3 Å². The van der Waals surface area contributed by atoms with Crippen LogP contribution in [0.1, 0.15) is 37.3 Å². The van der Waals surface area contributed by atoms with Crippen LogP contribution in [-0.4, -0.2) is 20.3 Å². The van der Waals surface area contributed by atoms with E-state index in [9.17, 15) is 0 Å². The summed E-state index contributed by atoms with van der Waals surface area (Å²) < 4.78 is 11.3. The second-order valence-electron chi connectivity index (χ2n) is 4.79. The summed E-state index contributed by atoms with van der Waals surface area (Å²) in [7, 11) is 3.41. The fourth-order valence-corrected chi connectivity index (χ4v) is 2.46. The van der Waals surface area contributed by atoms with E-state index in [1.165, 1.54) is 12.8 Å². The fraction of sp³-hybridized carbons (Fsp3) is 0.533. The second kappa shape index (κ2) is 7.98. The van der Waals surface area contributed by atoms with Gasteiger partial charge in [0.25, 0.3) is 0 Å². The molecule has 1 atom stereocenters. The highest BCUT2D eigenvalue weighted by atomic mass is 35.5. The number of rotatable bonds is 5. The summed E-state index contributed by atoms with van der Waals surface area (Å²) in [6.45, 7) is 0. The predicted octanol–water partition coefficient (Wildman–Crippen LogP) is 3.22. The van der Waals surface area contributed by atoms with E-state index in [4.69, 9.17) is 14.7 Å². The van der Waals surface area contributed by atoms with Crippen LogP contribution in [0.5, 0.6) is 11.5 Å². The minimum Gasteiger partial charge on any atom is -0.493 e. The third kappa shape index (κ3) is 3.78. The van der Waals surface area contributed by atoms with Gasteiger partial charge in [0.1, 0.15) is 6.04 Å². The standard InChI is InChI=1S/C15H20N2O2.ClH/c1-17-13(10-16)11-7-8-14(18-2)15(9-11)19-12-5-3-4-6-12;/h7-9,12-13,17H,3-6H2,1-2H3;1H. The van der Waals surface area contributed by atoms with Gasteiger partial charge in [0.15, 0.2) is 11.5 Å². The van der Waals surface area contributed by atoms with Gasteiger partial charge >= 0.3 is 0 Å². The van der Waals surface area contributed by atoms with Crippen LogP contribution in [0.2, 0.25) is 0 Å². The van der Waals surface area contributed by atoms with Gasteiger partial charge in [-0.1, -0.05) is 6.07 Å². The molecular weight excluding hydrogens is 276 g/mol. The third-order valence-electron chi connectivity index (χ3n) is 3.53. The van der Waals surface area contributed by atoms with E-state index in [1.54, 1.807) is 14.2 Å². The molecule has 0 heterocycles. The summed E-state index contributed by atoms with van der Waals surface area (Å²) >= 11 is 0. The van der Waals surface area contributed by atoms with Crippen molar-refractivity contribution in [2.45, 2.75) is 37.8 Å². The Kier molecular flexibility index (Phi) is 6.63. The first-order valence-electron chi connectivity index (χ1n) is 6.70. The quantitative estimate of drug-likeness (QED) is 0.906. The van der Waals surface area contributed by atoms with Crippen LogP contribution in [0.25, 0.3) is 0 Å². The Labute approximate surface area is 126 Å². The number of ether oxygens (including phenoxy) is 2. The molecule has 0 amide bonds. The molecule has 0 spiro atoms. The SMILES string of the molecule is CNC(C#N)c1ccc(OC)c(OC2CCCC2)c1.Cl. The molecule has 0 bridgehead atoms. The average Bonchev–Trinajstić information content (AvgIpc) is 2.93. The van der Waals surface area contributed by atoms with Gasteiger partial charge in [0, 0.05) is 0 Å². The maximum atomic E-state index is 9.10. The molecule has 1 unspecified atom stereocenters. The van der Waals surface area contributed by atoms with Gasteiger partial charge in [-0.05, 0) is 50.4 Å². The summed E-state index contributed by atoms with van der Waals surface area (Å²) in [5.74, 6) is 1.46. The molecule has 1 saturated carbocycles. The molecule has 0 aromatic heterocycles. The fourth-order valence-electron chi connectivity index (χ4n) is 2.46. The van der Waals surface area contributed by atoms with Gasteiger partial charge < -0.3 is 14.8 Å². The van der Waals surface area contributed by atoms with Crippen molar-refractivity contribution in [2.24, 2.45) is 0 Å². The molecule has 20 heavy (non-hydrogen) atoms. The van der Waals surface area contributed by atoms with Crippen molar-refractivity contribution < 1.29 is 9.47 Å². The molecular formula is C15H21ClN2O2. The number of nitrogens with zero attached hydrogens (tertiary/aromatic N) is 1. The first kappa shape index (κ1) is 16.6. The Morgan fingerprint density at radius 1 is 1.30 bits per heavy atom. The lowest BCUT2D eigenvalue weighted by molar-refractivity contribution is 0.200. The molecule has 2 rings (SSSR count). The van der Waals surface area contributed by atoms with Crippen LogP contribution in [0.15, 0.2) is 18.2 Å². The minimum absolute atomic E-state index is 0. The average molecular weight is 297 g/mol. The van der Waals surface area contributed by atoms with Crippen molar-refractivity contribution in [3.05, 3.63) is 23.8 Å². The Morgan fingerprint density at radius 2 is 2.00 bits per heavy atom. The lowest BCUT2D eigenvalue weighted by Gasteiger charge is -2.18. The van der Waals surface area contributed by atoms with Crippen molar-refractivity contribution in [2.75, 3.05) is 14.2 Å². The zero-order valence-corrected chi connectivity index (χ0v) is 12.7. The molecule has 0 radical (unpaired) electrons. The lowest BCUT2D eigenvalue weighted by atomic mass is 10.1. The van der Waals surface area contributed by atoms with Crippen molar-refractivity contribution in [3.8, 4) is 17.6 Å². The van der Waals surface area contributed by atoms with Crippen LogP contribution >= 0.6 is 12.4 Å². The van der Waals surface area contributed by atoms with Crippen molar-refractivity contribution >= 4 is 12.4 Å². The molecule has 1 N–H and O–H groups in total. The Hall–Kier alpha value is -1.44. The molecule has 4 nitrogen and oxygen atoms in total. The number of methoxy groups -OCH3 is 1. The lowest BCUT2D eigenvalue weighted by Crippen LogP contribution is -2.15. The first-order valence-corrected chi connectivity index (χ1v) is 6.70. The van der Waals surface area contributed by atoms with Gasteiger partial charge in [0.2, 0.25) is 0 Å². The molecule has 110 valence electrons. The van der Waals surface area contributed by atoms with Gasteiger partial charge in [-0.15, -0.1) is 12.4 Å². The molecule has 1 aliphatic rings. The van der Waals surface area contributed by atoms with Gasteiger partial charge in [-0.3, -0.25) is 0 Å². The van der Waals surface area contributed by atoms with E-state index < -0.39 is 0 Å². The minimum atomic E-state index is -0.322. The van der Waals surface area contributed by atoms with Crippen molar-refractivity contribution in [1.82, 2.24) is 5.32 Å². The summed E-state index contributed by atoms with van der Waals surface area (Å²) in [6.07, 6.45) is 4.93. The number of nitrogens with one attached hydrogen (secondary N) is 1. The topological polar surface area (TPSA) is 54.3 Å². The highest BCUT2D eigenvalue weighted by molar-refractivity contribution is 5.85.